The van der Waals surface area contributed by atoms with Crippen LogP contribution in [0.4, 0.5) is 13.6 Å². The van der Waals surface area contributed by atoms with Crippen molar-refractivity contribution in [2.45, 2.75) is 13.3 Å². The zero-order valence-corrected chi connectivity index (χ0v) is 12.3. The first-order valence-electron chi connectivity index (χ1n) is 6.13. The molecule has 0 aliphatic rings. The molecule has 118 valence electrons. The average molecular weight is 322 g/mol. The van der Waals surface area contributed by atoms with E-state index in [9.17, 15) is 18.4 Å². The van der Waals surface area contributed by atoms with E-state index in [-0.39, 0.29) is 31.4 Å². The molecule has 0 aromatic heterocycles. The highest BCUT2D eigenvalue weighted by atomic mass is 35.5. The maximum Gasteiger partial charge on any atom is 0.315 e. The normalized spacial score (nSPS) is 9.71. The van der Waals surface area contributed by atoms with Gasteiger partial charge in [0.05, 0.1) is 6.54 Å². The summed E-state index contributed by atoms with van der Waals surface area (Å²) in [4.78, 5) is 22.7. The summed E-state index contributed by atoms with van der Waals surface area (Å²) in [5.41, 5.74) is 1.58. The Kier molecular flexibility index (Phi) is 9.03. The third kappa shape index (κ3) is 8.09. The van der Waals surface area contributed by atoms with Gasteiger partial charge in [-0.25, -0.2) is 13.6 Å². The summed E-state index contributed by atoms with van der Waals surface area (Å²) >= 11 is 0. The number of urea groups is 1. The monoisotopic (exact) mass is 321 g/mol. The van der Waals surface area contributed by atoms with Gasteiger partial charge in [0.2, 0.25) is 0 Å². The number of carbonyl (C=O) groups excluding carboxylic acids is 2. The Morgan fingerprint density at radius 3 is 2.19 bits per heavy atom. The lowest BCUT2D eigenvalue weighted by atomic mass is 10.1. The Morgan fingerprint density at radius 1 is 1.05 bits per heavy atom. The molecule has 1 aromatic carbocycles. The maximum absolute atomic E-state index is 11.8. The zero-order chi connectivity index (χ0) is 15.0. The molecule has 5 nitrogen and oxygen atoms in total. The van der Waals surface area contributed by atoms with E-state index in [0.29, 0.717) is 5.56 Å². The van der Waals surface area contributed by atoms with Crippen molar-refractivity contribution in [1.29, 1.82) is 0 Å². The fraction of sp³-hybridized carbons (Fsp3) is 0.385. The third-order valence-corrected chi connectivity index (χ3v) is 2.43. The molecule has 0 unspecified atom stereocenters. The van der Waals surface area contributed by atoms with Crippen LogP contribution in [0.3, 0.4) is 0 Å². The molecule has 0 bridgehead atoms. The smallest absolute Gasteiger partial charge is 0.315 e. The number of hydrogen-bond donors (Lipinski definition) is 3. The van der Waals surface area contributed by atoms with Crippen LogP contribution >= 0.6 is 12.4 Å². The molecule has 3 amide bonds. The molecule has 1 aromatic rings. The predicted octanol–water partition coefficient (Wildman–Crippen LogP) is 1.71. The van der Waals surface area contributed by atoms with Gasteiger partial charge in [-0.15, -0.1) is 12.4 Å². The highest BCUT2D eigenvalue weighted by molar-refractivity contribution is 5.94. The number of benzene rings is 1. The Hall–Kier alpha value is -1.89. The standard InChI is InChI=1S/C13H17F2N3O2.ClH/c1-9-2-4-10(5-3-9)12(19)16-6-7-17-13(20)18-8-11(14)15;/h2-5,11H,6-8H2,1H3,(H,16,19)(H2,17,18,20);1H. The van der Waals surface area contributed by atoms with E-state index >= 15 is 0 Å². The molecule has 0 heterocycles. The van der Waals surface area contributed by atoms with Crippen LogP contribution in [0.1, 0.15) is 15.9 Å². The lowest BCUT2D eigenvalue weighted by Crippen LogP contribution is -2.41. The van der Waals surface area contributed by atoms with E-state index in [1.54, 1.807) is 12.1 Å². The molecular weight excluding hydrogens is 304 g/mol. The molecule has 8 heteroatoms. The number of alkyl halides is 2. The minimum atomic E-state index is -2.58. The van der Waals surface area contributed by atoms with Crippen molar-refractivity contribution in [2.24, 2.45) is 0 Å². The zero-order valence-electron chi connectivity index (χ0n) is 11.5. The number of nitrogens with one attached hydrogen (secondary N) is 3. The SMILES string of the molecule is Cc1ccc(C(=O)NCCNC(=O)NCC(F)F)cc1.Cl. The van der Waals surface area contributed by atoms with Gasteiger partial charge in [0.25, 0.3) is 12.3 Å². The molecule has 0 radical (unpaired) electrons. The minimum Gasteiger partial charge on any atom is -0.350 e. The van der Waals surface area contributed by atoms with Crippen molar-refractivity contribution < 1.29 is 18.4 Å². The number of amides is 3. The van der Waals surface area contributed by atoms with E-state index in [1.807, 2.05) is 24.4 Å². The van der Waals surface area contributed by atoms with E-state index in [2.05, 4.69) is 10.6 Å². The molecule has 0 aliphatic carbocycles. The second-order valence-corrected chi connectivity index (χ2v) is 4.15. The highest BCUT2D eigenvalue weighted by Gasteiger charge is 2.06. The van der Waals surface area contributed by atoms with Crippen molar-refractivity contribution in [3.05, 3.63) is 35.4 Å². The van der Waals surface area contributed by atoms with Crippen molar-refractivity contribution in [2.75, 3.05) is 19.6 Å². The summed E-state index contributed by atoms with van der Waals surface area (Å²) < 4.78 is 23.6. The van der Waals surface area contributed by atoms with Crippen LogP contribution in [0, 0.1) is 6.92 Å². The lowest BCUT2D eigenvalue weighted by molar-refractivity contribution is 0.0954. The topological polar surface area (TPSA) is 70.2 Å². The Balaban J connectivity index is 0.00000400. The molecular formula is C13H18ClF2N3O2. The number of hydrogen-bond acceptors (Lipinski definition) is 2. The number of rotatable bonds is 6. The lowest BCUT2D eigenvalue weighted by Gasteiger charge is -2.08. The van der Waals surface area contributed by atoms with Gasteiger partial charge >= 0.3 is 6.03 Å². The molecule has 0 fully saturated rings. The summed E-state index contributed by atoms with van der Waals surface area (Å²) in [6.45, 7) is 1.60. The van der Waals surface area contributed by atoms with Crippen LogP contribution in [-0.4, -0.2) is 38.0 Å². The summed E-state index contributed by atoms with van der Waals surface area (Å²) in [7, 11) is 0. The maximum atomic E-state index is 11.8. The van der Waals surface area contributed by atoms with Crippen molar-refractivity contribution in [3.8, 4) is 0 Å². The third-order valence-electron chi connectivity index (χ3n) is 2.43. The second kappa shape index (κ2) is 9.93. The van der Waals surface area contributed by atoms with Crippen molar-refractivity contribution >= 4 is 24.3 Å². The Morgan fingerprint density at radius 2 is 1.62 bits per heavy atom. The van der Waals surface area contributed by atoms with E-state index < -0.39 is 19.0 Å². The molecule has 3 N–H and O–H groups in total. The minimum absolute atomic E-state index is 0. The molecule has 0 saturated carbocycles. The predicted molar refractivity (Wildman–Crippen MR) is 78.2 cm³/mol. The van der Waals surface area contributed by atoms with E-state index in [1.165, 1.54) is 0 Å². The van der Waals surface area contributed by atoms with Crippen LogP contribution in [0.15, 0.2) is 24.3 Å². The van der Waals surface area contributed by atoms with Crippen LogP contribution in [0.2, 0.25) is 0 Å². The Labute approximate surface area is 127 Å². The first-order valence-corrected chi connectivity index (χ1v) is 6.13. The van der Waals surface area contributed by atoms with Gasteiger partial charge in [-0.3, -0.25) is 4.79 Å². The second-order valence-electron chi connectivity index (χ2n) is 4.15. The first-order chi connectivity index (χ1) is 9.49. The summed E-state index contributed by atoms with van der Waals surface area (Å²) in [6.07, 6.45) is -2.58. The summed E-state index contributed by atoms with van der Waals surface area (Å²) in [5, 5.41) is 6.96. The van der Waals surface area contributed by atoms with Gasteiger partial charge < -0.3 is 16.0 Å². The van der Waals surface area contributed by atoms with Gasteiger partial charge in [0, 0.05) is 18.7 Å². The number of halogens is 3. The molecule has 1 rings (SSSR count). The van der Waals surface area contributed by atoms with Crippen LogP contribution < -0.4 is 16.0 Å². The fourth-order valence-electron chi connectivity index (χ4n) is 1.39. The highest BCUT2D eigenvalue weighted by Crippen LogP contribution is 2.02. The van der Waals surface area contributed by atoms with Gasteiger partial charge in [0.15, 0.2) is 0 Å². The fourth-order valence-corrected chi connectivity index (χ4v) is 1.39. The molecule has 21 heavy (non-hydrogen) atoms. The van der Waals surface area contributed by atoms with Crippen molar-refractivity contribution in [1.82, 2.24) is 16.0 Å². The summed E-state index contributed by atoms with van der Waals surface area (Å²) in [6, 6.07) is 6.37. The van der Waals surface area contributed by atoms with Crippen LogP contribution in [0.25, 0.3) is 0 Å². The van der Waals surface area contributed by atoms with Gasteiger partial charge in [-0.1, -0.05) is 17.7 Å². The van der Waals surface area contributed by atoms with Crippen molar-refractivity contribution in [3.63, 3.8) is 0 Å². The largest absolute Gasteiger partial charge is 0.350 e. The first kappa shape index (κ1) is 19.1. The van der Waals surface area contributed by atoms with E-state index in [4.69, 9.17) is 0 Å². The number of aryl methyl sites for hydroxylation is 1. The van der Waals surface area contributed by atoms with Gasteiger partial charge in [-0.2, -0.15) is 0 Å². The molecule has 0 spiro atoms. The van der Waals surface area contributed by atoms with Gasteiger partial charge in [-0.05, 0) is 19.1 Å². The molecule has 0 atom stereocenters. The van der Waals surface area contributed by atoms with Crippen LogP contribution in [0.5, 0.6) is 0 Å². The average Bonchev–Trinajstić information content (AvgIpc) is 2.42. The molecule has 0 saturated heterocycles. The Bertz CT molecular complexity index is 455. The molecule has 0 aliphatic heterocycles. The van der Waals surface area contributed by atoms with Crippen LogP contribution in [-0.2, 0) is 0 Å². The van der Waals surface area contributed by atoms with Gasteiger partial charge in [0.1, 0.15) is 0 Å². The quantitative estimate of drug-likeness (QED) is 0.698. The number of carbonyl (C=O) groups is 2. The van der Waals surface area contributed by atoms with E-state index in [0.717, 1.165) is 5.56 Å². The summed E-state index contributed by atoms with van der Waals surface area (Å²) in [5.74, 6) is -0.250.